The van der Waals surface area contributed by atoms with Gasteiger partial charge in [0, 0.05) is 27.7 Å². The fraction of sp³-hybridized carbons (Fsp3) is 0.143. The summed E-state index contributed by atoms with van der Waals surface area (Å²) in [7, 11) is 0. The SMILES string of the molecule is Cc1ccc(C)n1NC(=O)c1ccc(OCC(=O)Nc2cccc(Cl)c2)cc1. The quantitative estimate of drug-likeness (QED) is 0.656. The third-order valence-electron chi connectivity index (χ3n) is 4.08. The van der Waals surface area contributed by atoms with Crippen molar-refractivity contribution < 1.29 is 14.3 Å². The molecule has 7 heteroatoms. The van der Waals surface area contributed by atoms with E-state index in [1.165, 1.54) is 0 Å². The summed E-state index contributed by atoms with van der Waals surface area (Å²) < 4.78 is 7.20. The highest BCUT2D eigenvalue weighted by Gasteiger charge is 2.10. The number of hydrogen-bond donors (Lipinski definition) is 2. The number of carbonyl (C=O) groups excluding carboxylic acids is 2. The van der Waals surface area contributed by atoms with E-state index in [-0.39, 0.29) is 18.4 Å². The minimum absolute atomic E-state index is 0.153. The average molecular weight is 398 g/mol. The van der Waals surface area contributed by atoms with E-state index in [1.807, 2.05) is 26.0 Å². The number of hydrogen-bond acceptors (Lipinski definition) is 3. The molecular weight excluding hydrogens is 378 g/mol. The van der Waals surface area contributed by atoms with Crippen molar-refractivity contribution >= 4 is 29.1 Å². The van der Waals surface area contributed by atoms with Gasteiger partial charge in [0.15, 0.2) is 6.61 Å². The molecule has 0 aliphatic heterocycles. The van der Waals surface area contributed by atoms with Gasteiger partial charge in [-0.05, 0) is 68.4 Å². The first-order valence-electron chi connectivity index (χ1n) is 8.67. The van der Waals surface area contributed by atoms with Crippen LogP contribution < -0.4 is 15.5 Å². The predicted octanol–water partition coefficient (Wildman–Crippen LogP) is 4.16. The summed E-state index contributed by atoms with van der Waals surface area (Å²) in [6, 6.07) is 17.3. The van der Waals surface area contributed by atoms with Crippen LogP contribution in [0.5, 0.6) is 5.75 Å². The lowest BCUT2D eigenvalue weighted by Crippen LogP contribution is -2.24. The Kier molecular flexibility index (Phi) is 6.01. The number of nitrogens with zero attached hydrogens (tertiary/aromatic N) is 1. The zero-order valence-corrected chi connectivity index (χ0v) is 16.3. The molecule has 0 saturated carbocycles. The van der Waals surface area contributed by atoms with Gasteiger partial charge in [0.25, 0.3) is 11.8 Å². The maximum atomic E-state index is 12.4. The van der Waals surface area contributed by atoms with E-state index in [9.17, 15) is 9.59 Å². The first kappa shape index (κ1) is 19.5. The second kappa shape index (κ2) is 8.63. The van der Waals surface area contributed by atoms with Crippen LogP contribution in [0.1, 0.15) is 21.7 Å². The van der Waals surface area contributed by atoms with Crippen molar-refractivity contribution in [3.8, 4) is 5.75 Å². The van der Waals surface area contributed by atoms with E-state index in [1.54, 1.807) is 53.2 Å². The third-order valence-corrected chi connectivity index (χ3v) is 4.31. The summed E-state index contributed by atoms with van der Waals surface area (Å²) in [4.78, 5) is 24.3. The standard InChI is InChI=1S/C21H20ClN3O3/c1-14-6-7-15(2)25(14)24-21(27)16-8-10-19(11-9-16)28-13-20(26)23-18-5-3-4-17(22)12-18/h3-12H,13H2,1-2H3,(H,23,26)(H,24,27). The molecule has 6 nitrogen and oxygen atoms in total. The summed E-state index contributed by atoms with van der Waals surface area (Å²) in [6.45, 7) is 3.68. The summed E-state index contributed by atoms with van der Waals surface area (Å²) in [5, 5.41) is 3.24. The van der Waals surface area contributed by atoms with E-state index in [2.05, 4.69) is 10.7 Å². The molecule has 0 fully saturated rings. The molecule has 2 aromatic carbocycles. The number of halogens is 1. The van der Waals surface area contributed by atoms with Gasteiger partial charge in [-0.3, -0.25) is 19.7 Å². The van der Waals surface area contributed by atoms with Gasteiger partial charge in [-0.1, -0.05) is 17.7 Å². The van der Waals surface area contributed by atoms with Gasteiger partial charge in [0.2, 0.25) is 0 Å². The topological polar surface area (TPSA) is 72.4 Å². The van der Waals surface area contributed by atoms with Crippen molar-refractivity contribution in [2.24, 2.45) is 0 Å². The Morgan fingerprint density at radius 3 is 2.32 bits per heavy atom. The highest BCUT2D eigenvalue weighted by molar-refractivity contribution is 6.30. The predicted molar refractivity (Wildman–Crippen MR) is 110 cm³/mol. The Balaban J connectivity index is 1.54. The van der Waals surface area contributed by atoms with E-state index in [0.29, 0.717) is 22.0 Å². The summed E-state index contributed by atoms with van der Waals surface area (Å²) >= 11 is 5.89. The molecule has 0 unspecified atom stereocenters. The van der Waals surface area contributed by atoms with Crippen molar-refractivity contribution in [3.63, 3.8) is 0 Å². The maximum absolute atomic E-state index is 12.4. The van der Waals surface area contributed by atoms with E-state index in [0.717, 1.165) is 11.4 Å². The van der Waals surface area contributed by atoms with Crippen LogP contribution in [0.15, 0.2) is 60.7 Å². The van der Waals surface area contributed by atoms with Gasteiger partial charge >= 0.3 is 0 Å². The third kappa shape index (κ3) is 4.92. The molecule has 0 aliphatic carbocycles. The van der Waals surface area contributed by atoms with Crippen LogP contribution in [0.4, 0.5) is 5.69 Å². The molecule has 1 aromatic heterocycles. The molecule has 0 radical (unpaired) electrons. The molecule has 3 rings (SSSR count). The van der Waals surface area contributed by atoms with Crippen LogP contribution in [-0.4, -0.2) is 23.1 Å². The number of benzene rings is 2. The number of carbonyl (C=O) groups is 2. The van der Waals surface area contributed by atoms with Gasteiger partial charge in [-0.2, -0.15) is 0 Å². The van der Waals surface area contributed by atoms with Crippen molar-refractivity contribution in [2.45, 2.75) is 13.8 Å². The molecule has 2 amide bonds. The van der Waals surface area contributed by atoms with E-state index < -0.39 is 0 Å². The molecule has 0 atom stereocenters. The van der Waals surface area contributed by atoms with Crippen molar-refractivity contribution in [1.29, 1.82) is 0 Å². The Morgan fingerprint density at radius 2 is 1.68 bits per heavy atom. The largest absolute Gasteiger partial charge is 0.484 e. The molecule has 0 spiro atoms. The normalized spacial score (nSPS) is 10.4. The maximum Gasteiger partial charge on any atom is 0.270 e. The molecule has 0 bridgehead atoms. The zero-order valence-electron chi connectivity index (χ0n) is 15.5. The van der Waals surface area contributed by atoms with Crippen LogP contribution in [-0.2, 0) is 4.79 Å². The van der Waals surface area contributed by atoms with Crippen LogP contribution in [0.25, 0.3) is 0 Å². The first-order valence-corrected chi connectivity index (χ1v) is 9.05. The van der Waals surface area contributed by atoms with Crippen LogP contribution in [0.2, 0.25) is 5.02 Å². The Morgan fingerprint density at radius 1 is 1.00 bits per heavy atom. The molecule has 3 aromatic rings. The smallest absolute Gasteiger partial charge is 0.270 e. The molecular formula is C21H20ClN3O3. The average Bonchev–Trinajstić information content (AvgIpc) is 2.99. The lowest BCUT2D eigenvalue weighted by Gasteiger charge is -2.12. The number of rotatable bonds is 6. The van der Waals surface area contributed by atoms with Gasteiger partial charge in [0.05, 0.1) is 0 Å². The Labute approximate surface area is 168 Å². The minimum atomic E-state index is -0.303. The Bertz CT molecular complexity index is 977. The monoisotopic (exact) mass is 397 g/mol. The van der Waals surface area contributed by atoms with Crippen LogP contribution in [0.3, 0.4) is 0 Å². The second-order valence-corrected chi connectivity index (χ2v) is 6.70. The lowest BCUT2D eigenvalue weighted by atomic mass is 10.2. The van der Waals surface area contributed by atoms with E-state index in [4.69, 9.17) is 16.3 Å². The van der Waals surface area contributed by atoms with Crippen molar-refractivity contribution in [1.82, 2.24) is 4.68 Å². The number of ether oxygens (including phenoxy) is 1. The Hall–Kier alpha value is -3.25. The zero-order chi connectivity index (χ0) is 20.1. The van der Waals surface area contributed by atoms with Gasteiger partial charge in [-0.15, -0.1) is 0 Å². The summed E-state index contributed by atoms with van der Waals surface area (Å²) in [5.74, 6) is -0.0404. The minimum Gasteiger partial charge on any atom is -0.484 e. The highest BCUT2D eigenvalue weighted by atomic mass is 35.5. The van der Waals surface area contributed by atoms with Gasteiger partial charge in [-0.25, -0.2) is 0 Å². The number of aryl methyl sites for hydroxylation is 2. The molecule has 2 N–H and O–H groups in total. The highest BCUT2D eigenvalue weighted by Crippen LogP contribution is 2.16. The number of nitrogens with one attached hydrogen (secondary N) is 2. The molecule has 0 aliphatic rings. The number of amides is 2. The van der Waals surface area contributed by atoms with Crippen molar-refractivity contribution in [2.75, 3.05) is 17.3 Å². The molecule has 0 saturated heterocycles. The van der Waals surface area contributed by atoms with Crippen molar-refractivity contribution in [3.05, 3.63) is 82.6 Å². The fourth-order valence-electron chi connectivity index (χ4n) is 2.63. The van der Waals surface area contributed by atoms with Crippen LogP contribution >= 0.6 is 11.6 Å². The van der Waals surface area contributed by atoms with Gasteiger partial charge < -0.3 is 10.1 Å². The number of anilines is 1. The molecule has 1 heterocycles. The van der Waals surface area contributed by atoms with Gasteiger partial charge in [0.1, 0.15) is 5.75 Å². The molecule has 28 heavy (non-hydrogen) atoms. The van der Waals surface area contributed by atoms with E-state index >= 15 is 0 Å². The number of aromatic nitrogens is 1. The summed E-state index contributed by atoms with van der Waals surface area (Å²) in [5.41, 5.74) is 5.81. The molecule has 144 valence electrons. The summed E-state index contributed by atoms with van der Waals surface area (Å²) in [6.07, 6.45) is 0. The second-order valence-electron chi connectivity index (χ2n) is 6.26. The first-order chi connectivity index (χ1) is 13.4. The fourth-order valence-corrected chi connectivity index (χ4v) is 2.82. The van der Waals surface area contributed by atoms with Crippen LogP contribution in [0, 0.1) is 13.8 Å². The lowest BCUT2D eigenvalue weighted by molar-refractivity contribution is -0.118.